The van der Waals surface area contributed by atoms with E-state index in [1.807, 2.05) is 0 Å². The van der Waals surface area contributed by atoms with Crippen molar-refractivity contribution in [3.05, 3.63) is 39.8 Å². The Kier molecular flexibility index (Phi) is 5.29. The molecule has 0 amide bonds. The lowest BCUT2D eigenvalue weighted by molar-refractivity contribution is 0.0675. The van der Waals surface area contributed by atoms with Gasteiger partial charge in [0.25, 0.3) is 0 Å². The maximum atomic E-state index is 12.6. The van der Waals surface area contributed by atoms with Crippen molar-refractivity contribution in [1.82, 2.24) is 14.3 Å². The van der Waals surface area contributed by atoms with Gasteiger partial charge in [-0.15, -0.1) is 0 Å². The summed E-state index contributed by atoms with van der Waals surface area (Å²) in [6.07, 6.45) is 4.53. The average molecular weight is 465 g/mol. The molecule has 2 atom stereocenters. The molecule has 26 heavy (non-hydrogen) atoms. The predicted octanol–water partition coefficient (Wildman–Crippen LogP) is 2.77. The quantitative estimate of drug-likeness (QED) is 0.625. The van der Waals surface area contributed by atoms with Gasteiger partial charge in [-0.3, -0.25) is 0 Å². The Morgan fingerprint density at radius 2 is 2.12 bits per heavy atom. The molecule has 1 aromatic carbocycles. The Bertz CT molecular complexity index is 962. The summed E-state index contributed by atoms with van der Waals surface area (Å²) in [7, 11) is -3.99. The third-order valence-electron chi connectivity index (χ3n) is 4.26. The van der Waals surface area contributed by atoms with Gasteiger partial charge in [0.05, 0.1) is 5.02 Å². The van der Waals surface area contributed by atoms with Crippen molar-refractivity contribution in [2.45, 2.75) is 36.2 Å². The van der Waals surface area contributed by atoms with Crippen LogP contribution in [0.1, 0.15) is 35.9 Å². The van der Waals surface area contributed by atoms with Gasteiger partial charge in [0.2, 0.25) is 15.8 Å². The summed E-state index contributed by atoms with van der Waals surface area (Å²) in [5, 5.41) is 19.1. The number of imidazole rings is 1. The molecule has 1 unspecified atom stereocenters. The zero-order chi connectivity index (χ0) is 19.1. The molecule has 0 aliphatic heterocycles. The first kappa shape index (κ1) is 19.2. The minimum absolute atomic E-state index is 0.0741. The number of phenols is 1. The smallest absolute Gasteiger partial charge is 0.372 e. The van der Waals surface area contributed by atoms with Gasteiger partial charge < -0.3 is 14.8 Å². The zero-order valence-corrected chi connectivity index (χ0v) is 16.4. The standard InChI is InChI=1S/C15H15BrClN3O5S/c16-8-5-11(17)13(21)12(6-8)26(24,25)19-9-1-2-10(7-9)20-4-3-18-14(20)15(22)23/h3-6,9-10,19,21H,1-2,7H2,(H,22,23)/t9-,10?/m1/s1. The molecule has 11 heteroatoms. The number of carbonyl (C=O) groups is 1. The van der Waals surface area contributed by atoms with E-state index in [-0.39, 0.29) is 21.8 Å². The number of aromatic nitrogens is 2. The Balaban J connectivity index is 1.78. The largest absolute Gasteiger partial charge is 0.505 e. The van der Waals surface area contributed by atoms with Gasteiger partial charge >= 0.3 is 5.97 Å². The lowest BCUT2D eigenvalue weighted by Gasteiger charge is -2.16. The number of halogens is 2. The first-order chi connectivity index (χ1) is 12.2. The Labute approximate surface area is 163 Å². The van der Waals surface area contributed by atoms with Crippen molar-refractivity contribution in [3.8, 4) is 5.75 Å². The molecule has 1 fully saturated rings. The van der Waals surface area contributed by atoms with Crippen molar-refractivity contribution in [2.75, 3.05) is 0 Å². The maximum absolute atomic E-state index is 12.6. The molecule has 1 saturated carbocycles. The Morgan fingerprint density at radius 1 is 1.38 bits per heavy atom. The monoisotopic (exact) mass is 463 g/mol. The Morgan fingerprint density at radius 3 is 2.81 bits per heavy atom. The zero-order valence-electron chi connectivity index (χ0n) is 13.3. The highest BCUT2D eigenvalue weighted by atomic mass is 79.9. The van der Waals surface area contributed by atoms with E-state index in [2.05, 4.69) is 25.6 Å². The molecule has 3 N–H and O–H groups in total. The molecule has 0 radical (unpaired) electrons. The van der Waals surface area contributed by atoms with E-state index in [4.69, 9.17) is 16.7 Å². The maximum Gasteiger partial charge on any atom is 0.372 e. The number of sulfonamides is 1. The second kappa shape index (κ2) is 7.18. The highest BCUT2D eigenvalue weighted by molar-refractivity contribution is 9.10. The molecule has 0 saturated heterocycles. The van der Waals surface area contributed by atoms with Crippen LogP contribution in [0.2, 0.25) is 5.02 Å². The van der Waals surface area contributed by atoms with Crippen molar-refractivity contribution in [1.29, 1.82) is 0 Å². The normalized spacial score (nSPS) is 20.4. The van der Waals surface area contributed by atoms with Gasteiger partial charge in [-0.1, -0.05) is 27.5 Å². The van der Waals surface area contributed by atoms with Crippen LogP contribution in [-0.4, -0.2) is 40.2 Å². The minimum Gasteiger partial charge on any atom is -0.505 e. The number of hydrogen-bond acceptors (Lipinski definition) is 5. The number of hydrogen-bond donors (Lipinski definition) is 3. The lowest BCUT2D eigenvalue weighted by Crippen LogP contribution is -2.33. The average Bonchev–Trinajstić information content (AvgIpc) is 3.18. The summed E-state index contributed by atoms with van der Waals surface area (Å²) in [5.41, 5.74) is 0. The molecule has 0 spiro atoms. The Hall–Kier alpha value is -1.62. The molecule has 1 aliphatic carbocycles. The van der Waals surface area contributed by atoms with Gasteiger partial charge in [-0.2, -0.15) is 0 Å². The summed E-state index contributed by atoms with van der Waals surface area (Å²) in [4.78, 5) is 14.7. The second-order valence-corrected chi connectivity index (χ2v) is 8.99. The van der Waals surface area contributed by atoms with Crippen molar-refractivity contribution in [2.24, 2.45) is 0 Å². The van der Waals surface area contributed by atoms with Crippen molar-refractivity contribution < 1.29 is 23.4 Å². The number of nitrogens with zero attached hydrogens (tertiary/aromatic N) is 2. The number of carboxylic acids is 1. The fraction of sp³-hybridized carbons (Fsp3) is 0.333. The van der Waals surface area contributed by atoms with Gasteiger partial charge in [-0.25, -0.2) is 22.9 Å². The summed E-state index contributed by atoms with van der Waals surface area (Å²) in [5.74, 6) is -1.72. The van der Waals surface area contributed by atoms with Crippen LogP contribution in [0.3, 0.4) is 0 Å². The van der Waals surface area contributed by atoms with E-state index >= 15 is 0 Å². The third kappa shape index (κ3) is 3.73. The first-order valence-electron chi connectivity index (χ1n) is 7.65. The van der Waals surface area contributed by atoms with E-state index in [1.54, 1.807) is 10.8 Å². The van der Waals surface area contributed by atoms with E-state index in [1.165, 1.54) is 18.3 Å². The van der Waals surface area contributed by atoms with Gasteiger partial charge in [0.15, 0.2) is 5.75 Å². The van der Waals surface area contributed by atoms with Gasteiger partial charge in [-0.05, 0) is 31.4 Å². The number of aromatic hydroxyl groups is 1. The number of carboxylic acid groups (broad SMARTS) is 1. The molecular formula is C15H15BrClN3O5S. The van der Waals surface area contributed by atoms with Crippen LogP contribution in [0.25, 0.3) is 0 Å². The van der Waals surface area contributed by atoms with Crippen molar-refractivity contribution >= 4 is 43.5 Å². The molecule has 0 bridgehead atoms. The number of rotatable bonds is 5. The molecule has 1 heterocycles. The number of benzene rings is 1. The van der Waals surface area contributed by atoms with Crippen LogP contribution < -0.4 is 4.72 Å². The van der Waals surface area contributed by atoms with E-state index in [9.17, 15) is 18.3 Å². The molecule has 1 aromatic heterocycles. The molecular weight excluding hydrogens is 450 g/mol. The number of nitrogens with one attached hydrogen (secondary N) is 1. The van der Waals surface area contributed by atoms with E-state index < -0.39 is 27.8 Å². The van der Waals surface area contributed by atoms with Crippen LogP contribution in [0.5, 0.6) is 5.75 Å². The highest BCUT2D eigenvalue weighted by Gasteiger charge is 2.32. The van der Waals surface area contributed by atoms with Crippen LogP contribution in [0.4, 0.5) is 0 Å². The highest BCUT2D eigenvalue weighted by Crippen LogP contribution is 2.36. The SMILES string of the molecule is O=C(O)c1nccn1C1CC[C@@H](NS(=O)(=O)c2cc(Br)cc(Cl)c2O)C1. The predicted molar refractivity (Wildman–Crippen MR) is 97.0 cm³/mol. The summed E-state index contributed by atoms with van der Waals surface area (Å²) in [6.45, 7) is 0. The fourth-order valence-corrected chi connectivity index (χ4v) is 5.56. The first-order valence-corrected chi connectivity index (χ1v) is 10.3. The topological polar surface area (TPSA) is 122 Å². The fourth-order valence-electron chi connectivity index (χ4n) is 3.12. The summed E-state index contributed by atoms with van der Waals surface area (Å²) >= 11 is 9.00. The van der Waals surface area contributed by atoms with Crippen LogP contribution in [0.15, 0.2) is 33.9 Å². The van der Waals surface area contributed by atoms with Gasteiger partial charge in [0.1, 0.15) is 4.90 Å². The summed E-state index contributed by atoms with van der Waals surface area (Å²) in [6, 6.07) is 2.10. The van der Waals surface area contributed by atoms with Crippen molar-refractivity contribution in [3.63, 3.8) is 0 Å². The van der Waals surface area contributed by atoms with E-state index in [0.717, 1.165) is 0 Å². The van der Waals surface area contributed by atoms with Crippen LogP contribution >= 0.6 is 27.5 Å². The van der Waals surface area contributed by atoms with Gasteiger partial charge in [0, 0.05) is 29.0 Å². The van der Waals surface area contributed by atoms with Crippen LogP contribution in [-0.2, 0) is 10.0 Å². The molecule has 8 nitrogen and oxygen atoms in total. The second-order valence-electron chi connectivity index (χ2n) is 5.98. The summed E-state index contributed by atoms with van der Waals surface area (Å²) < 4.78 is 29.8. The van der Waals surface area contributed by atoms with E-state index in [0.29, 0.717) is 23.7 Å². The number of phenolic OH excluding ortho intramolecular Hbond substituents is 1. The number of aromatic carboxylic acids is 1. The third-order valence-corrected chi connectivity index (χ3v) is 6.54. The minimum atomic E-state index is -3.99. The lowest BCUT2D eigenvalue weighted by atomic mass is 10.2. The molecule has 140 valence electrons. The molecule has 1 aliphatic rings. The molecule has 2 aromatic rings. The van der Waals surface area contributed by atoms with Crippen LogP contribution in [0, 0.1) is 0 Å². The molecule has 3 rings (SSSR count).